The Bertz CT molecular complexity index is 518. The van der Waals surface area contributed by atoms with Crippen LogP contribution in [0, 0.1) is 0 Å². The van der Waals surface area contributed by atoms with Crippen molar-refractivity contribution in [3.8, 4) is 0 Å². The van der Waals surface area contributed by atoms with Crippen molar-refractivity contribution < 1.29 is 0 Å². The fraction of sp³-hybridized carbons (Fsp3) is 0. The van der Waals surface area contributed by atoms with Crippen LogP contribution in [0.3, 0.4) is 0 Å². The molecule has 0 aliphatic heterocycles. The molecular formula is C10H8BrClN4. The number of halogens is 2. The van der Waals surface area contributed by atoms with E-state index in [1.807, 2.05) is 24.3 Å². The monoisotopic (exact) mass is 298 g/mol. The third kappa shape index (κ3) is 2.43. The number of aromatic nitrogens is 2. The zero-order valence-electron chi connectivity index (χ0n) is 8.11. The molecular weight excluding hydrogens is 291 g/mol. The van der Waals surface area contributed by atoms with Crippen LogP contribution in [-0.4, -0.2) is 9.97 Å². The van der Waals surface area contributed by atoms with Crippen LogP contribution < -0.4 is 11.1 Å². The van der Waals surface area contributed by atoms with Crippen LogP contribution in [0.15, 0.2) is 35.1 Å². The normalized spacial score (nSPS) is 10.1. The molecule has 4 nitrogen and oxygen atoms in total. The Kier molecular flexibility index (Phi) is 3.26. The molecule has 2 aromatic rings. The maximum atomic E-state index is 5.79. The SMILES string of the molecule is Nc1c(Cl)ncnc1Nc1cccc(Br)c1. The Hall–Kier alpha value is -1.33. The van der Waals surface area contributed by atoms with Crippen LogP contribution in [-0.2, 0) is 0 Å². The minimum atomic E-state index is 0.243. The average Bonchev–Trinajstić information content (AvgIpc) is 2.25. The van der Waals surface area contributed by atoms with Gasteiger partial charge in [-0.2, -0.15) is 0 Å². The summed E-state index contributed by atoms with van der Waals surface area (Å²) in [5, 5.41) is 3.31. The first-order valence-corrected chi connectivity index (χ1v) is 5.62. The number of nitrogen functional groups attached to an aromatic ring is 1. The van der Waals surface area contributed by atoms with Crippen LogP contribution in [0.5, 0.6) is 0 Å². The Morgan fingerprint density at radius 2 is 2.12 bits per heavy atom. The van der Waals surface area contributed by atoms with Gasteiger partial charge in [0.25, 0.3) is 0 Å². The van der Waals surface area contributed by atoms with Crippen molar-refractivity contribution in [1.29, 1.82) is 0 Å². The highest BCUT2D eigenvalue weighted by atomic mass is 79.9. The van der Waals surface area contributed by atoms with E-state index in [0.29, 0.717) is 11.5 Å². The lowest BCUT2D eigenvalue weighted by molar-refractivity contribution is 1.17. The van der Waals surface area contributed by atoms with E-state index in [1.165, 1.54) is 6.33 Å². The maximum Gasteiger partial charge on any atom is 0.158 e. The van der Waals surface area contributed by atoms with E-state index in [1.54, 1.807) is 0 Å². The van der Waals surface area contributed by atoms with Crippen molar-refractivity contribution >= 4 is 44.7 Å². The highest BCUT2D eigenvalue weighted by molar-refractivity contribution is 9.10. The number of nitrogens with one attached hydrogen (secondary N) is 1. The second-order valence-electron chi connectivity index (χ2n) is 3.06. The largest absolute Gasteiger partial charge is 0.393 e. The van der Waals surface area contributed by atoms with Crippen LogP contribution in [0.2, 0.25) is 5.15 Å². The minimum Gasteiger partial charge on any atom is -0.393 e. The van der Waals surface area contributed by atoms with Crippen molar-refractivity contribution in [3.63, 3.8) is 0 Å². The average molecular weight is 300 g/mol. The second-order valence-corrected chi connectivity index (χ2v) is 4.34. The highest BCUT2D eigenvalue weighted by Gasteiger charge is 2.05. The molecule has 0 saturated carbocycles. The summed E-state index contributed by atoms with van der Waals surface area (Å²) in [5.74, 6) is 0.498. The summed E-state index contributed by atoms with van der Waals surface area (Å²) in [6.07, 6.45) is 1.36. The Morgan fingerprint density at radius 3 is 2.88 bits per heavy atom. The molecule has 16 heavy (non-hydrogen) atoms. The van der Waals surface area contributed by atoms with Crippen molar-refractivity contribution in [2.45, 2.75) is 0 Å². The molecule has 0 aliphatic rings. The van der Waals surface area contributed by atoms with E-state index in [4.69, 9.17) is 17.3 Å². The lowest BCUT2D eigenvalue weighted by Gasteiger charge is -2.08. The maximum absolute atomic E-state index is 5.79. The molecule has 82 valence electrons. The standard InChI is InChI=1S/C10H8BrClN4/c11-6-2-1-3-7(4-6)16-10-8(13)9(12)14-5-15-10/h1-5H,13H2,(H,14,15,16). The number of hydrogen-bond acceptors (Lipinski definition) is 4. The third-order valence-corrected chi connectivity index (χ3v) is 2.72. The van der Waals surface area contributed by atoms with Crippen molar-refractivity contribution in [2.24, 2.45) is 0 Å². The lowest BCUT2D eigenvalue weighted by atomic mass is 10.3. The van der Waals surface area contributed by atoms with E-state index >= 15 is 0 Å². The first-order valence-electron chi connectivity index (χ1n) is 4.45. The zero-order chi connectivity index (χ0) is 11.5. The molecule has 0 saturated heterocycles. The molecule has 0 amide bonds. The number of hydrogen-bond donors (Lipinski definition) is 2. The number of benzene rings is 1. The predicted molar refractivity (Wildman–Crippen MR) is 68.9 cm³/mol. The zero-order valence-corrected chi connectivity index (χ0v) is 10.5. The van der Waals surface area contributed by atoms with Gasteiger partial charge in [-0.1, -0.05) is 33.6 Å². The fourth-order valence-electron chi connectivity index (χ4n) is 1.18. The number of nitrogens with zero attached hydrogens (tertiary/aromatic N) is 2. The summed E-state index contributed by atoms with van der Waals surface area (Å²) in [4.78, 5) is 7.80. The molecule has 1 aromatic carbocycles. The highest BCUT2D eigenvalue weighted by Crippen LogP contribution is 2.26. The topological polar surface area (TPSA) is 63.8 Å². The summed E-state index contributed by atoms with van der Waals surface area (Å²) < 4.78 is 0.969. The van der Waals surface area contributed by atoms with Crippen molar-refractivity contribution in [3.05, 3.63) is 40.2 Å². The van der Waals surface area contributed by atoms with E-state index in [9.17, 15) is 0 Å². The van der Waals surface area contributed by atoms with Gasteiger partial charge >= 0.3 is 0 Å². The molecule has 6 heteroatoms. The first-order chi connectivity index (χ1) is 7.66. The molecule has 0 atom stereocenters. The molecule has 0 spiro atoms. The van der Waals surface area contributed by atoms with Gasteiger partial charge in [0.05, 0.1) is 0 Å². The van der Waals surface area contributed by atoms with Gasteiger partial charge in [0, 0.05) is 10.2 Å². The lowest BCUT2D eigenvalue weighted by Crippen LogP contribution is -2.00. The molecule has 3 N–H and O–H groups in total. The van der Waals surface area contributed by atoms with Gasteiger partial charge in [-0.25, -0.2) is 9.97 Å². The summed E-state index contributed by atoms with van der Waals surface area (Å²) in [5.41, 5.74) is 6.95. The van der Waals surface area contributed by atoms with Gasteiger partial charge in [0.15, 0.2) is 11.0 Å². The Balaban J connectivity index is 2.31. The summed E-state index contributed by atoms with van der Waals surface area (Å²) >= 11 is 9.16. The molecule has 1 heterocycles. The summed E-state index contributed by atoms with van der Waals surface area (Å²) in [6, 6.07) is 7.66. The third-order valence-electron chi connectivity index (χ3n) is 1.92. The summed E-state index contributed by atoms with van der Waals surface area (Å²) in [7, 11) is 0. The molecule has 0 unspecified atom stereocenters. The van der Waals surface area contributed by atoms with E-state index in [-0.39, 0.29) is 5.15 Å². The van der Waals surface area contributed by atoms with Gasteiger partial charge < -0.3 is 11.1 Å². The van der Waals surface area contributed by atoms with Gasteiger partial charge in [-0.15, -0.1) is 0 Å². The molecule has 1 aromatic heterocycles. The van der Waals surface area contributed by atoms with Crippen LogP contribution in [0.4, 0.5) is 17.2 Å². The first kappa shape index (κ1) is 11.2. The van der Waals surface area contributed by atoms with Gasteiger partial charge in [0.1, 0.15) is 12.0 Å². The van der Waals surface area contributed by atoms with Crippen molar-refractivity contribution in [1.82, 2.24) is 9.97 Å². The molecule has 0 radical (unpaired) electrons. The molecule has 2 rings (SSSR count). The van der Waals surface area contributed by atoms with Gasteiger partial charge in [-0.05, 0) is 18.2 Å². The smallest absolute Gasteiger partial charge is 0.158 e. The second kappa shape index (κ2) is 4.67. The number of anilines is 3. The predicted octanol–water partition coefficient (Wildman–Crippen LogP) is 3.22. The fourth-order valence-corrected chi connectivity index (χ4v) is 1.71. The van der Waals surface area contributed by atoms with E-state index in [2.05, 4.69) is 31.2 Å². The molecule has 0 aliphatic carbocycles. The van der Waals surface area contributed by atoms with E-state index in [0.717, 1.165) is 10.2 Å². The van der Waals surface area contributed by atoms with E-state index < -0.39 is 0 Å². The quantitative estimate of drug-likeness (QED) is 0.836. The number of nitrogens with two attached hydrogens (primary N) is 1. The minimum absolute atomic E-state index is 0.243. The van der Waals surface area contributed by atoms with Gasteiger partial charge in [-0.3, -0.25) is 0 Å². The van der Waals surface area contributed by atoms with Crippen LogP contribution in [0.1, 0.15) is 0 Å². The summed E-state index contributed by atoms with van der Waals surface area (Å²) in [6.45, 7) is 0. The van der Waals surface area contributed by atoms with Crippen LogP contribution in [0.25, 0.3) is 0 Å². The Morgan fingerprint density at radius 1 is 1.31 bits per heavy atom. The van der Waals surface area contributed by atoms with Crippen LogP contribution >= 0.6 is 27.5 Å². The molecule has 0 bridgehead atoms. The number of rotatable bonds is 2. The Labute approximate surface area is 106 Å². The molecule has 0 fully saturated rings. The van der Waals surface area contributed by atoms with Crippen molar-refractivity contribution in [2.75, 3.05) is 11.1 Å². The van der Waals surface area contributed by atoms with Gasteiger partial charge in [0.2, 0.25) is 0 Å².